The maximum absolute atomic E-state index is 11.0. The van der Waals surface area contributed by atoms with Gasteiger partial charge in [0.15, 0.2) is 0 Å². The molecule has 1 aromatic carbocycles. The first kappa shape index (κ1) is 12.6. The first-order chi connectivity index (χ1) is 9.08. The van der Waals surface area contributed by atoms with Crippen molar-refractivity contribution in [3.05, 3.63) is 53.9 Å². The van der Waals surface area contributed by atoms with Gasteiger partial charge in [0, 0.05) is 24.0 Å². The van der Waals surface area contributed by atoms with Gasteiger partial charge in [-0.15, -0.1) is 0 Å². The lowest BCUT2D eigenvalue weighted by Gasteiger charge is -2.08. The normalized spacial score (nSPS) is 9.89. The van der Waals surface area contributed by atoms with Crippen molar-refractivity contribution in [2.75, 3.05) is 0 Å². The third-order valence-corrected chi connectivity index (χ3v) is 2.36. The maximum atomic E-state index is 11.0. The minimum absolute atomic E-state index is 0.0630. The molecule has 0 saturated carbocycles. The molecule has 2 aromatic rings. The van der Waals surface area contributed by atoms with Gasteiger partial charge in [0.1, 0.15) is 17.1 Å². The Hall–Kier alpha value is -2.89. The number of nitrogens with two attached hydrogens (primary N) is 1. The van der Waals surface area contributed by atoms with Gasteiger partial charge in [-0.05, 0) is 18.2 Å². The highest BCUT2D eigenvalue weighted by atomic mass is 16.5. The second-order valence-electron chi connectivity index (χ2n) is 3.67. The zero-order valence-electron chi connectivity index (χ0n) is 9.74. The SMILES string of the molecule is NC(=O)c1cccc(Oc2ccncc2C(=O)O)c1. The standard InChI is InChI=1S/C13H10N2O4/c14-12(16)8-2-1-3-9(6-8)19-11-4-5-15-7-10(11)13(17)18/h1-7H,(H2,14,16)(H,17,18). The molecule has 0 fully saturated rings. The van der Waals surface area contributed by atoms with E-state index in [-0.39, 0.29) is 16.9 Å². The Labute approximate surface area is 108 Å². The topological polar surface area (TPSA) is 103 Å². The van der Waals surface area contributed by atoms with Gasteiger partial charge < -0.3 is 15.6 Å². The second kappa shape index (κ2) is 5.18. The molecule has 0 saturated heterocycles. The number of nitrogens with zero attached hydrogens (tertiary/aromatic N) is 1. The Morgan fingerprint density at radius 3 is 2.74 bits per heavy atom. The summed E-state index contributed by atoms with van der Waals surface area (Å²) >= 11 is 0. The zero-order chi connectivity index (χ0) is 13.8. The number of carbonyl (C=O) groups is 2. The average molecular weight is 258 g/mol. The molecule has 1 amide bonds. The molecule has 0 atom stereocenters. The number of carboxylic acids is 1. The van der Waals surface area contributed by atoms with Crippen molar-refractivity contribution in [3.63, 3.8) is 0 Å². The Morgan fingerprint density at radius 2 is 2.05 bits per heavy atom. The number of carbonyl (C=O) groups excluding carboxylic acids is 1. The third kappa shape index (κ3) is 2.86. The van der Waals surface area contributed by atoms with Gasteiger partial charge in [0.05, 0.1) is 0 Å². The lowest BCUT2D eigenvalue weighted by Crippen LogP contribution is -2.10. The number of aromatic nitrogens is 1. The summed E-state index contributed by atoms with van der Waals surface area (Å²) in [5, 5.41) is 8.99. The van der Waals surface area contributed by atoms with Gasteiger partial charge in [0.2, 0.25) is 5.91 Å². The number of hydrogen-bond acceptors (Lipinski definition) is 4. The van der Waals surface area contributed by atoms with Gasteiger partial charge in [-0.3, -0.25) is 9.78 Å². The summed E-state index contributed by atoms with van der Waals surface area (Å²) < 4.78 is 5.43. The van der Waals surface area contributed by atoms with Crippen LogP contribution in [-0.4, -0.2) is 22.0 Å². The fraction of sp³-hybridized carbons (Fsp3) is 0. The minimum atomic E-state index is -1.14. The predicted molar refractivity (Wildman–Crippen MR) is 66.2 cm³/mol. The summed E-state index contributed by atoms with van der Waals surface area (Å²) in [6.45, 7) is 0. The summed E-state index contributed by atoms with van der Waals surface area (Å²) in [6, 6.07) is 7.60. The predicted octanol–water partition coefficient (Wildman–Crippen LogP) is 1.67. The van der Waals surface area contributed by atoms with Gasteiger partial charge >= 0.3 is 5.97 Å². The summed E-state index contributed by atoms with van der Waals surface area (Å²) in [5.74, 6) is -1.26. The van der Waals surface area contributed by atoms with Gasteiger partial charge in [-0.1, -0.05) is 6.07 Å². The Morgan fingerprint density at radius 1 is 1.26 bits per heavy atom. The van der Waals surface area contributed by atoms with Crippen molar-refractivity contribution in [1.29, 1.82) is 0 Å². The van der Waals surface area contributed by atoms with Crippen LogP contribution in [0.15, 0.2) is 42.7 Å². The molecule has 0 unspecified atom stereocenters. The fourth-order valence-electron chi connectivity index (χ4n) is 1.47. The molecule has 0 aliphatic rings. The molecule has 0 bridgehead atoms. The van der Waals surface area contributed by atoms with E-state index in [1.54, 1.807) is 18.2 Å². The highest BCUT2D eigenvalue weighted by molar-refractivity contribution is 5.93. The van der Waals surface area contributed by atoms with Crippen LogP contribution in [0, 0.1) is 0 Å². The number of primary amides is 1. The molecule has 1 heterocycles. The largest absolute Gasteiger partial charge is 0.477 e. The maximum Gasteiger partial charge on any atom is 0.341 e. The summed E-state index contributed by atoms with van der Waals surface area (Å²) in [5.41, 5.74) is 5.37. The van der Waals surface area contributed by atoms with Gasteiger partial charge in [-0.25, -0.2) is 4.79 Å². The average Bonchev–Trinajstić information content (AvgIpc) is 2.39. The van der Waals surface area contributed by atoms with E-state index in [2.05, 4.69) is 4.98 Å². The zero-order valence-corrected chi connectivity index (χ0v) is 9.74. The highest BCUT2D eigenvalue weighted by Gasteiger charge is 2.12. The molecule has 19 heavy (non-hydrogen) atoms. The molecular formula is C13H10N2O4. The molecule has 6 heteroatoms. The lowest BCUT2D eigenvalue weighted by atomic mass is 10.2. The monoisotopic (exact) mass is 258 g/mol. The first-order valence-corrected chi connectivity index (χ1v) is 5.33. The van der Waals surface area contributed by atoms with Crippen molar-refractivity contribution in [1.82, 2.24) is 4.98 Å². The molecule has 3 N–H and O–H groups in total. The molecule has 0 spiro atoms. The number of pyridine rings is 1. The van der Waals surface area contributed by atoms with E-state index in [1.165, 1.54) is 24.5 Å². The quantitative estimate of drug-likeness (QED) is 0.868. The van der Waals surface area contributed by atoms with E-state index in [1.807, 2.05) is 0 Å². The van der Waals surface area contributed by atoms with Gasteiger partial charge in [0.25, 0.3) is 0 Å². The third-order valence-electron chi connectivity index (χ3n) is 2.36. The number of carboxylic acid groups (broad SMARTS) is 1. The van der Waals surface area contributed by atoms with Crippen molar-refractivity contribution < 1.29 is 19.4 Å². The van der Waals surface area contributed by atoms with Crippen LogP contribution >= 0.6 is 0 Å². The van der Waals surface area contributed by atoms with Crippen LogP contribution in [0.4, 0.5) is 0 Å². The number of aromatic carboxylic acids is 1. The number of rotatable bonds is 4. The van der Waals surface area contributed by atoms with E-state index in [4.69, 9.17) is 15.6 Å². The lowest BCUT2D eigenvalue weighted by molar-refractivity contribution is 0.0693. The van der Waals surface area contributed by atoms with Crippen LogP contribution in [0.3, 0.4) is 0 Å². The first-order valence-electron chi connectivity index (χ1n) is 5.33. The van der Waals surface area contributed by atoms with Crippen LogP contribution in [0.2, 0.25) is 0 Å². The van der Waals surface area contributed by atoms with E-state index >= 15 is 0 Å². The molecule has 0 radical (unpaired) electrons. The number of benzene rings is 1. The van der Waals surface area contributed by atoms with Crippen molar-refractivity contribution in [3.8, 4) is 11.5 Å². The number of hydrogen-bond donors (Lipinski definition) is 2. The molecule has 1 aromatic heterocycles. The van der Waals surface area contributed by atoms with Gasteiger partial charge in [-0.2, -0.15) is 0 Å². The Kier molecular flexibility index (Phi) is 3.42. The molecule has 0 aliphatic carbocycles. The number of amides is 1. The molecule has 0 aliphatic heterocycles. The molecule has 2 rings (SSSR count). The van der Waals surface area contributed by atoms with Crippen LogP contribution in [0.5, 0.6) is 11.5 Å². The van der Waals surface area contributed by atoms with Crippen LogP contribution in [0.25, 0.3) is 0 Å². The van der Waals surface area contributed by atoms with Crippen LogP contribution in [0.1, 0.15) is 20.7 Å². The smallest absolute Gasteiger partial charge is 0.341 e. The van der Waals surface area contributed by atoms with E-state index in [9.17, 15) is 9.59 Å². The van der Waals surface area contributed by atoms with Crippen molar-refractivity contribution >= 4 is 11.9 Å². The molecule has 6 nitrogen and oxygen atoms in total. The fourth-order valence-corrected chi connectivity index (χ4v) is 1.47. The van der Waals surface area contributed by atoms with Crippen LogP contribution in [-0.2, 0) is 0 Å². The van der Waals surface area contributed by atoms with Crippen LogP contribution < -0.4 is 10.5 Å². The Balaban J connectivity index is 2.34. The number of ether oxygens (including phenoxy) is 1. The van der Waals surface area contributed by atoms with E-state index < -0.39 is 11.9 Å². The summed E-state index contributed by atoms with van der Waals surface area (Å²) in [4.78, 5) is 25.8. The molecule has 96 valence electrons. The summed E-state index contributed by atoms with van der Waals surface area (Å²) in [7, 11) is 0. The highest BCUT2D eigenvalue weighted by Crippen LogP contribution is 2.25. The van der Waals surface area contributed by atoms with E-state index in [0.717, 1.165) is 0 Å². The molecular weight excluding hydrogens is 248 g/mol. The van der Waals surface area contributed by atoms with Crippen molar-refractivity contribution in [2.24, 2.45) is 5.73 Å². The summed E-state index contributed by atoms with van der Waals surface area (Å²) in [6.07, 6.45) is 2.61. The van der Waals surface area contributed by atoms with E-state index in [0.29, 0.717) is 5.75 Å². The minimum Gasteiger partial charge on any atom is -0.477 e. The second-order valence-corrected chi connectivity index (χ2v) is 3.67. The van der Waals surface area contributed by atoms with Crippen molar-refractivity contribution in [2.45, 2.75) is 0 Å². The Bertz CT molecular complexity index is 640.